The third kappa shape index (κ3) is 4.94. The number of hydrogen-bond acceptors (Lipinski definition) is 5. The van der Waals surface area contributed by atoms with Crippen molar-refractivity contribution < 1.29 is 9.90 Å². The number of halogens is 1. The molecule has 0 unspecified atom stereocenters. The van der Waals surface area contributed by atoms with E-state index in [1.165, 1.54) is 11.3 Å². The van der Waals surface area contributed by atoms with Crippen molar-refractivity contribution in [2.75, 3.05) is 18.6 Å². The topological polar surface area (TPSA) is 62.2 Å². The van der Waals surface area contributed by atoms with E-state index in [0.717, 1.165) is 22.7 Å². The van der Waals surface area contributed by atoms with Gasteiger partial charge in [0.1, 0.15) is 9.88 Å². The summed E-state index contributed by atoms with van der Waals surface area (Å²) in [5.74, 6) is 0.712. The summed E-state index contributed by atoms with van der Waals surface area (Å²) in [6.07, 6.45) is 2.74. The molecule has 0 aliphatic rings. The molecule has 0 radical (unpaired) electrons. The van der Waals surface area contributed by atoms with E-state index >= 15 is 0 Å². The number of aliphatic hydroxyl groups is 1. The predicted molar refractivity (Wildman–Crippen MR) is 98.6 cm³/mol. The number of benzene rings is 1. The zero-order valence-corrected chi connectivity index (χ0v) is 15.4. The fraction of sp³-hybridized carbons (Fsp3) is 0.375. The molecule has 23 heavy (non-hydrogen) atoms. The molecule has 1 aromatic heterocycles. The fourth-order valence-corrected chi connectivity index (χ4v) is 3.66. The standard InChI is InChI=1S/C16H19ClN2O2S2/c1-10-14(15(21)19-13(9-20)7-8-22-2)23-16(18-10)11-3-5-12(17)6-4-11/h3-6,13,20H,7-9H2,1-2H3,(H,19,21)/t13-/m1/s1. The first-order chi connectivity index (χ1) is 11.0. The molecule has 1 atom stereocenters. The van der Waals surface area contributed by atoms with E-state index < -0.39 is 0 Å². The van der Waals surface area contributed by atoms with E-state index in [1.54, 1.807) is 23.9 Å². The monoisotopic (exact) mass is 370 g/mol. The van der Waals surface area contributed by atoms with Crippen molar-refractivity contribution in [1.82, 2.24) is 10.3 Å². The summed E-state index contributed by atoms with van der Waals surface area (Å²) in [7, 11) is 0. The molecule has 4 nitrogen and oxygen atoms in total. The van der Waals surface area contributed by atoms with Crippen LogP contribution in [0.5, 0.6) is 0 Å². The van der Waals surface area contributed by atoms with Crippen LogP contribution in [0.4, 0.5) is 0 Å². The van der Waals surface area contributed by atoms with Gasteiger partial charge >= 0.3 is 0 Å². The summed E-state index contributed by atoms with van der Waals surface area (Å²) >= 11 is 8.94. The minimum absolute atomic E-state index is 0.0613. The fourth-order valence-electron chi connectivity index (χ4n) is 2.04. The van der Waals surface area contributed by atoms with E-state index in [0.29, 0.717) is 15.6 Å². The molecule has 0 aliphatic carbocycles. The van der Waals surface area contributed by atoms with Crippen molar-refractivity contribution in [3.05, 3.63) is 39.9 Å². The molecule has 1 heterocycles. The molecule has 0 saturated heterocycles. The Kier molecular flexibility index (Phi) is 6.89. The smallest absolute Gasteiger partial charge is 0.263 e. The Morgan fingerprint density at radius 2 is 2.13 bits per heavy atom. The van der Waals surface area contributed by atoms with Crippen LogP contribution >= 0.6 is 34.7 Å². The Labute approximate surface area is 149 Å². The minimum atomic E-state index is -0.226. The van der Waals surface area contributed by atoms with Gasteiger partial charge in [-0.1, -0.05) is 23.7 Å². The van der Waals surface area contributed by atoms with Gasteiger partial charge in [0, 0.05) is 10.6 Å². The van der Waals surface area contributed by atoms with E-state index in [2.05, 4.69) is 10.3 Å². The maximum Gasteiger partial charge on any atom is 0.263 e. The molecule has 0 saturated carbocycles. The van der Waals surface area contributed by atoms with Crippen LogP contribution in [-0.4, -0.2) is 40.7 Å². The Hall–Kier alpha value is -1.08. The van der Waals surface area contributed by atoms with Crippen molar-refractivity contribution in [2.24, 2.45) is 0 Å². The predicted octanol–water partition coefficient (Wildman–Crippen LogP) is 3.62. The maximum atomic E-state index is 12.4. The highest BCUT2D eigenvalue weighted by Crippen LogP contribution is 2.28. The lowest BCUT2D eigenvalue weighted by Crippen LogP contribution is -2.37. The summed E-state index contributed by atoms with van der Waals surface area (Å²) in [5.41, 5.74) is 1.63. The van der Waals surface area contributed by atoms with Crippen molar-refractivity contribution in [2.45, 2.75) is 19.4 Å². The molecule has 0 spiro atoms. The zero-order valence-electron chi connectivity index (χ0n) is 13.0. The van der Waals surface area contributed by atoms with Gasteiger partial charge in [0.25, 0.3) is 5.91 Å². The molecule has 1 amide bonds. The second-order valence-corrected chi connectivity index (χ2v) is 7.50. The summed E-state index contributed by atoms with van der Waals surface area (Å²) in [6, 6.07) is 7.15. The van der Waals surface area contributed by atoms with Crippen LogP contribution in [0.25, 0.3) is 10.6 Å². The van der Waals surface area contributed by atoms with Crippen LogP contribution in [0, 0.1) is 6.92 Å². The summed E-state index contributed by atoms with van der Waals surface area (Å²) in [5, 5.41) is 13.7. The first-order valence-electron chi connectivity index (χ1n) is 7.19. The Morgan fingerprint density at radius 3 is 2.74 bits per heavy atom. The Morgan fingerprint density at radius 1 is 1.43 bits per heavy atom. The number of nitrogens with zero attached hydrogens (tertiary/aromatic N) is 1. The third-order valence-corrected chi connectivity index (χ3v) is 5.42. The molecular weight excluding hydrogens is 352 g/mol. The van der Waals surface area contributed by atoms with Gasteiger partial charge in [-0.15, -0.1) is 11.3 Å². The number of rotatable bonds is 7. The van der Waals surface area contributed by atoms with Gasteiger partial charge in [-0.3, -0.25) is 4.79 Å². The molecule has 7 heteroatoms. The minimum Gasteiger partial charge on any atom is -0.394 e. The van der Waals surface area contributed by atoms with E-state index in [1.807, 2.05) is 25.3 Å². The van der Waals surface area contributed by atoms with Crippen LogP contribution in [0.2, 0.25) is 5.02 Å². The first-order valence-corrected chi connectivity index (χ1v) is 9.78. The average Bonchev–Trinajstić information content (AvgIpc) is 2.94. The lowest BCUT2D eigenvalue weighted by Gasteiger charge is -2.15. The number of aromatic nitrogens is 1. The van der Waals surface area contributed by atoms with Crippen LogP contribution in [0.3, 0.4) is 0 Å². The largest absolute Gasteiger partial charge is 0.394 e. The van der Waals surface area contributed by atoms with E-state index in [-0.39, 0.29) is 18.6 Å². The van der Waals surface area contributed by atoms with Gasteiger partial charge in [0.05, 0.1) is 18.3 Å². The van der Waals surface area contributed by atoms with Gasteiger partial charge < -0.3 is 10.4 Å². The van der Waals surface area contributed by atoms with Crippen molar-refractivity contribution in [3.8, 4) is 10.6 Å². The SMILES string of the molecule is CSCC[C@H](CO)NC(=O)c1sc(-c2ccc(Cl)cc2)nc1C. The normalized spacial score (nSPS) is 12.2. The number of thioether (sulfide) groups is 1. The van der Waals surface area contributed by atoms with Crippen molar-refractivity contribution in [3.63, 3.8) is 0 Å². The highest BCUT2D eigenvalue weighted by Gasteiger charge is 2.19. The molecule has 2 aromatic rings. The number of aryl methyl sites for hydroxylation is 1. The zero-order chi connectivity index (χ0) is 16.8. The lowest BCUT2D eigenvalue weighted by atomic mass is 10.2. The maximum absolute atomic E-state index is 12.4. The molecule has 0 fully saturated rings. The van der Waals surface area contributed by atoms with Crippen LogP contribution in [0.15, 0.2) is 24.3 Å². The molecule has 2 N–H and O–H groups in total. The molecular formula is C16H19ClN2O2S2. The second-order valence-electron chi connectivity index (χ2n) is 5.07. The van der Waals surface area contributed by atoms with Gasteiger partial charge in [-0.25, -0.2) is 4.98 Å². The number of aliphatic hydroxyl groups excluding tert-OH is 1. The molecule has 0 bridgehead atoms. The quantitative estimate of drug-likeness (QED) is 0.781. The van der Waals surface area contributed by atoms with Crippen molar-refractivity contribution >= 4 is 40.6 Å². The number of amides is 1. The summed E-state index contributed by atoms with van der Waals surface area (Å²) < 4.78 is 0. The Balaban J connectivity index is 2.13. The first kappa shape index (κ1) is 18.3. The summed E-state index contributed by atoms with van der Waals surface area (Å²) in [6.45, 7) is 1.76. The van der Waals surface area contributed by atoms with Crippen molar-refractivity contribution in [1.29, 1.82) is 0 Å². The Bertz CT molecular complexity index is 659. The highest BCUT2D eigenvalue weighted by molar-refractivity contribution is 7.98. The van der Waals surface area contributed by atoms with E-state index in [4.69, 9.17) is 11.6 Å². The average molecular weight is 371 g/mol. The van der Waals surface area contributed by atoms with Crippen LogP contribution < -0.4 is 5.32 Å². The molecule has 2 rings (SSSR count). The molecule has 124 valence electrons. The van der Waals surface area contributed by atoms with Crippen LogP contribution in [-0.2, 0) is 0 Å². The van der Waals surface area contributed by atoms with Gasteiger partial charge in [-0.05, 0) is 37.5 Å². The number of carbonyl (C=O) groups excluding carboxylic acids is 1. The number of hydrogen-bond donors (Lipinski definition) is 2. The summed E-state index contributed by atoms with van der Waals surface area (Å²) in [4.78, 5) is 17.5. The number of carbonyl (C=O) groups is 1. The second kappa shape index (κ2) is 8.68. The third-order valence-electron chi connectivity index (χ3n) is 3.32. The van der Waals surface area contributed by atoms with E-state index in [9.17, 15) is 9.90 Å². The lowest BCUT2D eigenvalue weighted by molar-refractivity contribution is 0.0918. The molecule has 0 aliphatic heterocycles. The highest BCUT2D eigenvalue weighted by atomic mass is 35.5. The van der Waals surface area contributed by atoms with Gasteiger partial charge in [0.15, 0.2) is 0 Å². The van der Waals surface area contributed by atoms with Gasteiger partial charge in [0.2, 0.25) is 0 Å². The molecule has 1 aromatic carbocycles. The number of thiazole rings is 1. The van der Waals surface area contributed by atoms with Gasteiger partial charge in [-0.2, -0.15) is 11.8 Å². The van der Waals surface area contributed by atoms with Crippen LogP contribution in [0.1, 0.15) is 21.8 Å². The number of nitrogens with one attached hydrogen (secondary N) is 1.